The Labute approximate surface area is 271 Å². The van der Waals surface area contributed by atoms with Crippen LogP contribution >= 0.6 is 0 Å². The van der Waals surface area contributed by atoms with Crippen LogP contribution in [0.1, 0.15) is 17.9 Å². The van der Waals surface area contributed by atoms with Crippen molar-refractivity contribution in [3.63, 3.8) is 0 Å². The number of rotatable bonds is 5. The lowest BCUT2D eigenvalue weighted by Gasteiger charge is -2.12. The molecule has 2 aliphatic rings. The second kappa shape index (κ2) is 11.2. The zero-order valence-electron chi connectivity index (χ0n) is 25.2. The van der Waals surface area contributed by atoms with Gasteiger partial charge in [0.05, 0.1) is 28.5 Å². The minimum absolute atomic E-state index is 0.223. The molecule has 7 nitrogen and oxygen atoms in total. The molecule has 0 radical (unpaired) electrons. The second-order valence-electron chi connectivity index (χ2n) is 11.5. The van der Waals surface area contributed by atoms with E-state index in [2.05, 4.69) is 24.3 Å². The van der Waals surface area contributed by atoms with E-state index in [-0.39, 0.29) is 5.92 Å². The number of hydrogen-bond donors (Lipinski definition) is 0. The molecule has 7 aromatic rings. The monoisotopic (exact) mass is 606 g/mol. The van der Waals surface area contributed by atoms with E-state index in [0.29, 0.717) is 17.5 Å². The largest absolute Gasteiger partial charge is 0.461 e. The standard InChI is InChI=1S/C40H26N6O/c1-3-11-25(12-4-1)38-44-39(26-13-5-2-6-14-26)46-40(45-38)28-16-9-15-27(21-28)37-30-18-10-20-41-32(30)22-34(43-37)33-23-36-31(24-42-33)29-17-7-8-19-35(29)47-36/h1-16,18-24,29H,17H2. The molecule has 1 aliphatic heterocycles. The summed E-state index contributed by atoms with van der Waals surface area (Å²) in [5, 5.41) is 0.943. The molecule has 7 heteroatoms. The number of aromatic nitrogens is 6. The number of hydrogen-bond acceptors (Lipinski definition) is 7. The summed E-state index contributed by atoms with van der Waals surface area (Å²) in [6, 6.07) is 36.1. The van der Waals surface area contributed by atoms with Crippen LogP contribution < -0.4 is 4.74 Å². The Kier molecular flexibility index (Phi) is 6.45. The molecule has 0 fully saturated rings. The van der Waals surface area contributed by atoms with Crippen molar-refractivity contribution in [1.82, 2.24) is 29.9 Å². The van der Waals surface area contributed by atoms with Crippen LogP contribution in [0.25, 0.3) is 67.7 Å². The summed E-state index contributed by atoms with van der Waals surface area (Å²) in [5.41, 5.74) is 7.83. The zero-order valence-corrected chi connectivity index (χ0v) is 25.2. The zero-order chi connectivity index (χ0) is 31.2. The highest BCUT2D eigenvalue weighted by Gasteiger charge is 2.30. The molecule has 3 aromatic carbocycles. The third kappa shape index (κ3) is 4.94. The molecule has 0 saturated heterocycles. The molecule has 0 spiro atoms. The number of ether oxygens (including phenoxy) is 1. The molecule has 1 atom stereocenters. The van der Waals surface area contributed by atoms with Crippen LogP contribution in [-0.4, -0.2) is 29.9 Å². The van der Waals surface area contributed by atoms with E-state index in [1.807, 2.05) is 109 Å². The van der Waals surface area contributed by atoms with Crippen molar-refractivity contribution in [3.8, 4) is 62.6 Å². The van der Waals surface area contributed by atoms with E-state index < -0.39 is 0 Å². The van der Waals surface area contributed by atoms with E-state index in [9.17, 15) is 0 Å². The van der Waals surface area contributed by atoms with Crippen LogP contribution in [0.5, 0.6) is 5.75 Å². The summed E-state index contributed by atoms with van der Waals surface area (Å²) in [6.45, 7) is 0. The smallest absolute Gasteiger partial charge is 0.164 e. The van der Waals surface area contributed by atoms with Crippen molar-refractivity contribution < 1.29 is 4.74 Å². The van der Waals surface area contributed by atoms with Gasteiger partial charge in [-0.25, -0.2) is 19.9 Å². The van der Waals surface area contributed by atoms with E-state index in [4.69, 9.17) is 34.6 Å². The van der Waals surface area contributed by atoms with E-state index in [1.165, 1.54) is 0 Å². The van der Waals surface area contributed by atoms with Gasteiger partial charge >= 0.3 is 0 Å². The summed E-state index contributed by atoms with van der Waals surface area (Å²) in [7, 11) is 0. The van der Waals surface area contributed by atoms with Crippen LogP contribution in [0.4, 0.5) is 0 Å². The Bertz CT molecular complexity index is 2310. The third-order valence-corrected chi connectivity index (χ3v) is 8.57. The Morgan fingerprint density at radius 3 is 2.06 bits per heavy atom. The molecule has 1 aliphatic carbocycles. The van der Waals surface area contributed by atoms with Gasteiger partial charge in [-0.3, -0.25) is 9.97 Å². The fourth-order valence-electron chi connectivity index (χ4n) is 6.23. The minimum Gasteiger partial charge on any atom is -0.461 e. The van der Waals surface area contributed by atoms with Crippen LogP contribution in [0.2, 0.25) is 0 Å². The second-order valence-corrected chi connectivity index (χ2v) is 11.5. The normalized spacial score (nSPS) is 14.7. The van der Waals surface area contributed by atoms with Crippen molar-refractivity contribution in [2.45, 2.75) is 12.3 Å². The van der Waals surface area contributed by atoms with Gasteiger partial charge in [-0.1, -0.05) is 91.0 Å². The van der Waals surface area contributed by atoms with Crippen LogP contribution in [0.3, 0.4) is 0 Å². The Morgan fingerprint density at radius 2 is 1.30 bits per heavy atom. The van der Waals surface area contributed by atoms with Gasteiger partial charge in [0.25, 0.3) is 0 Å². The number of nitrogens with zero attached hydrogens (tertiary/aromatic N) is 6. The summed E-state index contributed by atoms with van der Waals surface area (Å²) in [5.74, 6) is 3.84. The first-order chi connectivity index (χ1) is 23.3. The van der Waals surface area contributed by atoms with E-state index in [0.717, 1.165) is 73.7 Å². The molecule has 0 saturated carbocycles. The predicted octanol–water partition coefficient (Wildman–Crippen LogP) is 8.86. The van der Waals surface area contributed by atoms with Crippen molar-refractivity contribution in [2.75, 3.05) is 0 Å². The van der Waals surface area contributed by atoms with Gasteiger partial charge in [-0.15, -0.1) is 0 Å². The van der Waals surface area contributed by atoms with Gasteiger partial charge in [-0.05, 0) is 36.8 Å². The van der Waals surface area contributed by atoms with Crippen LogP contribution in [0.15, 0.2) is 146 Å². The van der Waals surface area contributed by atoms with E-state index >= 15 is 0 Å². The summed E-state index contributed by atoms with van der Waals surface area (Å²) < 4.78 is 6.23. The van der Waals surface area contributed by atoms with Gasteiger partial charge in [0.15, 0.2) is 17.5 Å². The van der Waals surface area contributed by atoms with Crippen molar-refractivity contribution in [2.24, 2.45) is 0 Å². The molecule has 9 rings (SSSR count). The van der Waals surface area contributed by atoms with Crippen LogP contribution in [0, 0.1) is 0 Å². The summed E-state index contributed by atoms with van der Waals surface area (Å²) >= 11 is 0. The highest BCUT2D eigenvalue weighted by Crippen LogP contribution is 2.45. The molecular formula is C40H26N6O. The molecule has 5 heterocycles. The predicted molar refractivity (Wildman–Crippen MR) is 183 cm³/mol. The maximum Gasteiger partial charge on any atom is 0.164 e. The number of pyridine rings is 3. The molecule has 0 bridgehead atoms. The lowest BCUT2D eigenvalue weighted by atomic mass is 9.93. The average Bonchev–Trinajstić information content (AvgIpc) is 3.53. The topological polar surface area (TPSA) is 86.6 Å². The van der Waals surface area contributed by atoms with E-state index in [1.54, 1.807) is 6.20 Å². The fraction of sp³-hybridized carbons (Fsp3) is 0.0500. The molecule has 0 N–H and O–H groups in total. The first-order valence-corrected chi connectivity index (χ1v) is 15.6. The fourth-order valence-corrected chi connectivity index (χ4v) is 6.23. The van der Waals surface area contributed by atoms with Crippen molar-refractivity contribution >= 4 is 10.9 Å². The first kappa shape index (κ1) is 27.0. The average molecular weight is 607 g/mol. The van der Waals surface area contributed by atoms with Gasteiger partial charge in [0.2, 0.25) is 0 Å². The van der Waals surface area contributed by atoms with Gasteiger partial charge in [0, 0.05) is 51.7 Å². The Hall–Kier alpha value is -6.34. The molecule has 1 unspecified atom stereocenters. The highest BCUT2D eigenvalue weighted by molar-refractivity contribution is 5.95. The maximum atomic E-state index is 6.23. The molecule has 0 amide bonds. The van der Waals surface area contributed by atoms with Gasteiger partial charge in [-0.2, -0.15) is 0 Å². The molecular weight excluding hydrogens is 580 g/mol. The molecule has 222 valence electrons. The summed E-state index contributed by atoms with van der Waals surface area (Å²) in [6.07, 6.45) is 10.9. The lowest BCUT2D eigenvalue weighted by molar-refractivity contribution is 0.425. The maximum absolute atomic E-state index is 6.23. The van der Waals surface area contributed by atoms with Crippen molar-refractivity contribution in [3.05, 3.63) is 151 Å². The SMILES string of the molecule is C1=CCC2C(=C1)Oc1cc(-c3cc4ncccc4c(-c4cccc(-c5nc(-c6ccccc6)nc(-c6ccccc6)n5)c4)n3)ncc12. The van der Waals surface area contributed by atoms with Gasteiger partial charge < -0.3 is 4.74 Å². The number of allylic oxidation sites excluding steroid dienone is 4. The third-order valence-electron chi connectivity index (χ3n) is 8.57. The lowest BCUT2D eigenvalue weighted by Crippen LogP contribution is -2.00. The highest BCUT2D eigenvalue weighted by atomic mass is 16.5. The quantitative estimate of drug-likeness (QED) is 0.193. The van der Waals surface area contributed by atoms with Crippen LogP contribution in [-0.2, 0) is 0 Å². The number of fused-ring (bicyclic) bond motifs is 4. The van der Waals surface area contributed by atoms with Gasteiger partial charge in [0.1, 0.15) is 11.5 Å². The minimum atomic E-state index is 0.223. The first-order valence-electron chi connectivity index (χ1n) is 15.6. The number of benzene rings is 3. The molecule has 4 aromatic heterocycles. The Balaban J connectivity index is 1.16. The van der Waals surface area contributed by atoms with Crippen molar-refractivity contribution in [1.29, 1.82) is 0 Å². The summed E-state index contributed by atoms with van der Waals surface area (Å²) in [4.78, 5) is 29.5. The molecule has 47 heavy (non-hydrogen) atoms. The Morgan fingerprint density at radius 1 is 0.596 bits per heavy atom.